The Balaban J connectivity index is 1.47. The molecule has 27 heavy (non-hydrogen) atoms. The molecule has 0 unspecified atom stereocenters. The van der Waals surface area contributed by atoms with Crippen molar-refractivity contribution in [1.29, 1.82) is 0 Å². The lowest BCUT2D eigenvalue weighted by Crippen LogP contribution is -2.39. The Morgan fingerprint density at radius 2 is 1.96 bits per heavy atom. The van der Waals surface area contributed by atoms with Gasteiger partial charge in [-0.1, -0.05) is 30.3 Å². The number of nitrogens with two attached hydrogens (primary N) is 1. The Kier molecular flexibility index (Phi) is 3.81. The molecule has 1 aliphatic heterocycles. The van der Waals surface area contributed by atoms with Gasteiger partial charge in [0.2, 0.25) is 5.95 Å². The van der Waals surface area contributed by atoms with Crippen LogP contribution in [0.1, 0.15) is 34.3 Å². The number of carbonyl (C=O) groups excluding carboxylic acids is 1. The monoisotopic (exact) mass is 358 g/mol. The highest BCUT2D eigenvalue weighted by atomic mass is 16.1. The average Bonchev–Trinajstić information content (AvgIpc) is 3.13. The van der Waals surface area contributed by atoms with Crippen LogP contribution in [0.4, 0.5) is 11.8 Å². The average molecular weight is 358 g/mol. The van der Waals surface area contributed by atoms with E-state index in [0.29, 0.717) is 6.54 Å². The van der Waals surface area contributed by atoms with Crippen molar-refractivity contribution in [1.82, 2.24) is 9.97 Å². The zero-order chi connectivity index (χ0) is 18.4. The first kappa shape index (κ1) is 16.2. The summed E-state index contributed by atoms with van der Waals surface area (Å²) in [5.74, 6) is 1.31. The molecule has 2 heterocycles. The number of ketones is 1. The van der Waals surface area contributed by atoms with Crippen LogP contribution in [0, 0.1) is 5.92 Å². The molecular weight excluding hydrogens is 336 g/mol. The van der Waals surface area contributed by atoms with Crippen molar-refractivity contribution >= 4 is 28.3 Å². The molecule has 2 aliphatic rings. The van der Waals surface area contributed by atoms with Crippen molar-refractivity contribution in [3.63, 3.8) is 0 Å². The topological polar surface area (TPSA) is 72.1 Å². The summed E-state index contributed by atoms with van der Waals surface area (Å²) >= 11 is 0. The van der Waals surface area contributed by atoms with E-state index in [9.17, 15) is 4.79 Å². The van der Waals surface area contributed by atoms with Gasteiger partial charge in [-0.05, 0) is 53.6 Å². The number of nitrogens with zero attached hydrogens (tertiary/aromatic N) is 3. The summed E-state index contributed by atoms with van der Waals surface area (Å²) in [7, 11) is 0. The molecule has 5 nitrogen and oxygen atoms in total. The van der Waals surface area contributed by atoms with E-state index in [4.69, 9.17) is 5.73 Å². The Labute approximate surface area is 158 Å². The summed E-state index contributed by atoms with van der Waals surface area (Å²) in [6.45, 7) is 1.57. The number of Topliss-reactive ketones (excluding diaryl/α,β-unsaturated/α-hetero) is 1. The van der Waals surface area contributed by atoms with E-state index in [0.717, 1.165) is 49.0 Å². The molecule has 3 aromatic rings. The molecule has 1 aromatic heterocycles. The smallest absolute Gasteiger partial charge is 0.221 e. The van der Waals surface area contributed by atoms with Crippen molar-refractivity contribution in [2.45, 2.75) is 25.7 Å². The minimum absolute atomic E-state index is 0.0200. The fraction of sp³-hybridized carbons (Fsp3) is 0.318. The first-order valence-electron chi connectivity index (χ1n) is 9.62. The van der Waals surface area contributed by atoms with E-state index in [1.165, 1.54) is 16.5 Å². The molecule has 2 aromatic carbocycles. The Hall–Kier alpha value is -2.95. The molecule has 1 atom stereocenters. The fourth-order valence-corrected chi connectivity index (χ4v) is 4.62. The first-order valence-corrected chi connectivity index (χ1v) is 9.62. The van der Waals surface area contributed by atoms with Gasteiger partial charge in [-0.15, -0.1) is 0 Å². The van der Waals surface area contributed by atoms with Crippen molar-refractivity contribution in [3.8, 4) is 0 Å². The third kappa shape index (κ3) is 2.74. The number of carbonyl (C=O) groups is 1. The molecule has 2 N–H and O–H groups in total. The standard InChI is InChI=1S/C22H22N4O/c23-22-24-11-10-19(25-22)26-12-2-4-16(13-26)21(27)18-9-8-15-7-6-14-3-1-5-17(18)20(14)15/h1,3,5,8-11,16H,2,4,6-7,12-13H2,(H2,23,24,25)/t16-/m1/s1. The van der Waals surface area contributed by atoms with Crippen LogP contribution in [0.3, 0.4) is 0 Å². The van der Waals surface area contributed by atoms with Gasteiger partial charge in [0.25, 0.3) is 0 Å². The lowest BCUT2D eigenvalue weighted by Gasteiger charge is -2.33. The molecule has 0 spiro atoms. The SMILES string of the molecule is Nc1nccc(N2CCC[C@@H](C(=O)c3ccc4c5c(cccc35)CC4)C2)n1. The Morgan fingerprint density at radius 1 is 1.11 bits per heavy atom. The second-order valence-electron chi connectivity index (χ2n) is 7.53. The number of rotatable bonds is 3. The van der Waals surface area contributed by atoms with Gasteiger partial charge in [0.1, 0.15) is 5.82 Å². The van der Waals surface area contributed by atoms with Crippen LogP contribution >= 0.6 is 0 Å². The second-order valence-corrected chi connectivity index (χ2v) is 7.53. The lowest BCUT2D eigenvalue weighted by molar-refractivity contribution is 0.0909. The predicted molar refractivity (Wildman–Crippen MR) is 107 cm³/mol. The van der Waals surface area contributed by atoms with Gasteiger partial charge >= 0.3 is 0 Å². The number of aromatic nitrogens is 2. The molecular formula is C22H22N4O. The van der Waals surface area contributed by atoms with Crippen LogP contribution in [0.15, 0.2) is 42.6 Å². The maximum atomic E-state index is 13.4. The van der Waals surface area contributed by atoms with Crippen molar-refractivity contribution < 1.29 is 4.79 Å². The largest absolute Gasteiger partial charge is 0.368 e. The van der Waals surface area contributed by atoms with E-state index in [2.05, 4.69) is 39.1 Å². The van der Waals surface area contributed by atoms with E-state index in [-0.39, 0.29) is 17.6 Å². The number of anilines is 2. The summed E-state index contributed by atoms with van der Waals surface area (Å²) < 4.78 is 0. The van der Waals surface area contributed by atoms with E-state index < -0.39 is 0 Å². The highest BCUT2D eigenvalue weighted by Gasteiger charge is 2.29. The third-order valence-electron chi connectivity index (χ3n) is 5.92. The molecule has 5 heteroatoms. The van der Waals surface area contributed by atoms with Crippen LogP contribution in [-0.2, 0) is 12.8 Å². The number of benzene rings is 2. The van der Waals surface area contributed by atoms with Crippen LogP contribution in [0.2, 0.25) is 0 Å². The quantitative estimate of drug-likeness (QED) is 0.727. The summed E-state index contributed by atoms with van der Waals surface area (Å²) in [4.78, 5) is 23.9. The highest BCUT2D eigenvalue weighted by Crippen LogP contribution is 2.34. The van der Waals surface area contributed by atoms with Crippen molar-refractivity contribution in [3.05, 3.63) is 59.3 Å². The van der Waals surface area contributed by atoms with Gasteiger partial charge < -0.3 is 10.6 Å². The summed E-state index contributed by atoms with van der Waals surface area (Å²) in [5, 5.41) is 2.43. The van der Waals surface area contributed by atoms with Crippen LogP contribution < -0.4 is 10.6 Å². The molecule has 0 radical (unpaired) electrons. The van der Waals surface area contributed by atoms with Crippen LogP contribution in [0.25, 0.3) is 10.8 Å². The number of piperidine rings is 1. The molecule has 1 fully saturated rings. The van der Waals surface area contributed by atoms with E-state index in [1.807, 2.05) is 12.1 Å². The second kappa shape index (κ2) is 6.34. The minimum Gasteiger partial charge on any atom is -0.368 e. The summed E-state index contributed by atoms with van der Waals surface area (Å²) in [6.07, 6.45) is 5.72. The summed E-state index contributed by atoms with van der Waals surface area (Å²) in [5.41, 5.74) is 9.35. The number of hydrogen-bond donors (Lipinski definition) is 1. The normalized spacial score (nSPS) is 18.8. The Bertz CT molecular complexity index is 1040. The number of nitrogen functional groups attached to an aromatic ring is 1. The maximum absolute atomic E-state index is 13.4. The maximum Gasteiger partial charge on any atom is 0.221 e. The molecule has 0 bridgehead atoms. The van der Waals surface area contributed by atoms with E-state index >= 15 is 0 Å². The molecule has 5 rings (SSSR count). The van der Waals surface area contributed by atoms with Gasteiger partial charge in [-0.25, -0.2) is 4.98 Å². The molecule has 136 valence electrons. The van der Waals surface area contributed by atoms with Gasteiger partial charge in [0.05, 0.1) is 0 Å². The fourth-order valence-electron chi connectivity index (χ4n) is 4.62. The molecule has 0 amide bonds. The zero-order valence-corrected chi connectivity index (χ0v) is 15.2. The number of aryl methyl sites for hydroxylation is 2. The van der Waals surface area contributed by atoms with Gasteiger partial charge in [-0.2, -0.15) is 4.98 Å². The third-order valence-corrected chi connectivity index (χ3v) is 5.92. The van der Waals surface area contributed by atoms with Crippen LogP contribution in [0.5, 0.6) is 0 Å². The highest BCUT2D eigenvalue weighted by molar-refractivity contribution is 6.11. The molecule has 1 aliphatic carbocycles. The molecule has 0 saturated carbocycles. The first-order chi connectivity index (χ1) is 13.2. The Morgan fingerprint density at radius 3 is 2.81 bits per heavy atom. The van der Waals surface area contributed by atoms with Crippen molar-refractivity contribution in [2.75, 3.05) is 23.7 Å². The van der Waals surface area contributed by atoms with Gasteiger partial charge in [0, 0.05) is 30.8 Å². The van der Waals surface area contributed by atoms with Crippen LogP contribution in [-0.4, -0.2) is 28.8 Å². The van der Waals surface area contributed by atoms with E-state index in [1.54, 1.807) is 6.20 Å². The van der Waals surface area contributed by atoms with Crippen molar-refractivity contribution in [2.24, 2.45) is 5.92 Å². The van der Waals surface area contributed by atoms with Gasteiger partial charge in [-0.3, -0.25) is 4.79 Å². The lowest BCUT2D eigenvalue weighted by atomic mass is 9.87. The zero-order valence-electron chi connectivity index (χ0n) is 15.2. The van der Waals surface area contributed by atoms with Gasteiger partial charge in [0.15, 0.2) is 5.78 Å². The predicted octanol–water partition coefficient (Wildman–Crippen LogP) is 3.41. The molecule has 1 saturated heterocycles. The minimum atomic E-state index is -0.0200. The summed E-state index contributed by atoms with van der Waals surface area (Å²) in [6, 6.07) is 12.4. The number of hydrogen-bond acceptors (Lipinski definition) is 5.